The van der Waals surface area contributed by atoms with Gasteiger partial charge in [-0.2, -0.15) is 9.30 Å². The van der Waals surface area contributed by atoms with E-state index in [1.807, 2.05) is 35.9 Å². The first-order chi connectivity index (χ1) is 16.7. The average molecular weight is 492 g/mol. The second-order valence-corrected chi connectivity index (χ2v) is 10.8. The average Bonchev–Trinajstić information content (AvgIpc) is 2.86. The van der Waals surface area contributed by atoms with Crippen LogP contribution in [0, 0.1) is 12.8 Å². The van der Waals surface area contributed by atoms with Crippen molar-refractivity contribution < 1.29 is 18.0 Å². The molecule has 1 saturated heterocycles. The number of benzene rings is 2. The minimum atomic E-state index is -3.68. The summed E-state index contributed by atoms with van der Waals surface area (Å²) in [6, 6.07) is 19.8. The molecule has 1 aromatic heterocycles. The Hall–Kier alpha value is -3.36. The Morgan fingerprint density at radius 1 is 0.943 bits per heavy atom. The van der Waals surface area contributed by atoms with Crippen LogP contribution in [0.2, 0.25) is 0 Å². The summed E-state index contributed by atoms with van der Waals surface area (Å²) in [5.74, 6) is -0.665. The molecular formula is C27H29N3O4S. The predicted octanol–water partition coefficient (Wildman–Crippen LogP) is 3.58. The van der Waals surface area contributed by atoms with Gasteiger partial charge in [0.05, 0.1) is 4.90 Å². The molecule has 1 fully saturated rings. The predicted molar refractivity (Wildman–Crippen MR) is 133 cm³/mol. The number of ketones is 1. The Morgan fingerprint density at radius 3 is 2.23 bits per heavy atom. The third kappa shape index (κ3) is 5.83. The molecule has 0 N–H and O–H groups in total. The minimum absolute atomic E-state index is 0.115. The minimum Gasteiger partial charge on any atom is -0.328 e. The first-order valence-corrected chi connectivity index (χ1v) is 13.1. The highest BCUT2D eigenvalue weighted by Gasteiger charge is 2.32. The number of hydrogen-bond donors (Lipinski definition) is 0. The van der Waals surface area contributed by atoms with Crippen molar-refractivity contribution in [2.24, 2.45) is 10.9 Å². The number of aryl methyl sites for hydroxylation is 1. The van der Waals surface area contributed by atoms with Crippen LogP contribution in [-0.2, 0) is 21.4 Å². The molecule has 35 heavy (non-hydrogen) atoms. The van der Waals surface area contributed by atoms with Gasteiger partial charge in [0.1, 0.15) is 5.49 Å². The Bertz CT molecular complexity index is 1380. The number of amides is 1. The van der Waals surface area contributed by atoms with E-state index >= 15 is 0 Å². The van der Waals surface area contributed by atoms with E-state index in [0.717, 1.165) is 5.56 Å². The topological polar surface area (TPSA) is 88.8 Å². The first kappa shape index (κ1) is 24.8. The van der Waals surface area contributed by atoms with Crippen molar-refractivity contribution in [3.63, 3.8) is 0 Å². The van der Waals surface area contributed by atoms with Gasteiger partial charge in [0.25, 0.3) is 5.91 Å². The van der Waals surface area contributed by atoms with E-state index in [4.69, 9.17) is 0 Å². The number of aromatic nitrogens is 1. The highest BCUT2D eigenvalue weighted by Crippen LogP contribution is 2.25. The molecular weight excluding hydrogens is 462 g/mol. The van der Waals surface area contributed by atoms with Gasteiger partial charge in [0.2, 0.25) is 10.0 Å². The molecule has 0 spiro atoms. The summed E-state index contributed by atoms with van der Waals surface area (Å²) >= 11 is 0. The first-order valence-electron chi connectivity index (χ1n) is 11.6. The maximum Gasteiger partial charge on any atom is 0.250 e. The van der Waals surface area contributed by atoms with Gasteiger partial charge in [-0.25, -0.2) is 8.42 Å². The van der Waals surface area contributed by atoms with E-state index in [1.165, 1.54) is 41.1 Å². The van der Waals surface area contributed by atoms with Crippen molar-refractivity contribution in [3.05, 3.63) is 95.1 Å². The molecule has 8 heteroatoms. The van der Waals surface area contributed by atoms with Crippen molar-refractivity contribution in [1.29, 1.82) is 0 Å². The fraction of sp³-hybridized carbons (Fsp3) is 0.296. The van der Waals surface area contributed by atoms with Gasteiger partial charge in [0, 0.05) is 37.3 Å². The Morgan fingerprint density at radius 2 is 1.60 bits per heavy atom. The molecule has 0 aliphatic carbocycles. The number of hydrogen-bond acceptors (Lipinski definition) is 4. The number of pyridine rings is 1. The summed E-state index contributed by atoms with van der Waals surface area (Å²) < 4.78 is 29.3. The summed E-state index contributed by atoms with van der Waals surface area (Å²) in [6.45, 7) is 4.59. The highest BCUT2D eigenvalue weighted by atomic mass is 32.2. The SMILES string of the molecule is CC(=O)c1ccc(S(=O)(=O)N2CCC(C(=O)N=c3ccccn3Cc3ccc(C)cc3)CC2)cc1. The number of rotatable bonds is 6. The van der Waals surface area contributed by atoms with Crippen LogP contribution in [0.3, 0.4) is 0 Å². The maximum atomic E-state index is 13.0. The molecule has 0 unspecified atom stereocenters. The summed E-state index contributed by atoms with van der Waals surface area (Å²) in [6.07, 6.45) is 2.73. The zero-order valence-corrected chi connectivity index (χ0v) is 20.7. The zero-order valence-electron chi connectivity index (χ0n) is 19.9. The number of Topliss-reactive ketones (excluding diaryl/α,β-unsaturated/α-hetero) is 1. The van der Waals surface area contributed by atoms with E-state index in [2.05, 4.69) is 29.3 Å². The number of sulfonamides is 1. The Labute approximate surface area is 205 Å². The third-order valence-corrected chi connectivity index (χ3v) is 8.23. The lowest BCUT2D eigenvalue weighted by Gasteiger charge is -2.29. The number of nitrogens with zero attached hydrogens (tertiary/aromatic N) is 3. The quantitative estimate of drug-likeness (QED) is 0.493. The zero-order chi connectivity index (χ0) is 25.0. The van der Waals surface area contributed by atoms with E-state index < -0.39 is 10.0 Å². The van der Waals surface area contributed by atoms with E-state index in [-0.39, 0.29) is 35.6 Å². The van der Waals surface area contributed by atoms with Crippen LogP contribution in [0.25, 0.3) is 0 Å². The Kier molecular flexibility index (Phi) is 7.42. The lowest BCUT2D eigenvalue weighted by molar-refractivity contribution is -0.122. The van der Waals surface area contributed by atoms with Crippen LogP contribution in [0.1, 0.15) is 41.3 Å². The molecule has 3 aromatic rings. The molecule has 4 rings (SSSR count). The van der Waals surface area contributed by atoms with Gasteiger partial charge in [-0.15, -0.1) is 0 Å². The number of carbonyl (C=O) groups is 2. The van der Waals surface area contributed by atoms with E-state index in [0.29, 0.717) is 30.4 Å². The standard InChI is InChI=1S/C27H29N3O4S/c1-20-6-8-22(9-7-20)19-29-16-4-3-5-26(29)28-27(32)24-14-17-30(18-15-24)35(33,34)25-12-10-23(11-13-25)21(2)31/h3-13,16,24H,14-15,17-19H2,1-2H3. The van der Waals surface area contributed by atoms with Crippen LogP contribution in [0.15, 0.2) is 82.8 Å². The van der Waals surface area contributed by atoms with Crippen LogP contribution in [-0.4, -0.2) is 42.1 Å². The third-order valence-electron chi connectivity index (χ3n) is 6.32. The number of carbonyl (C=O) groups excluding carboxylic acids is 2. The van der Waals surface area contributed by atoms with Crippen molar-refractivity contribution in [2.75, 3.05) is 13.1 Å². The van der Waals surface area contributed by atoms with Gasteiger partial charge in [-0.05, 0) is 56.5 Å². The fourth-order valence-corrected chi connectivity index (χ4v) is 5.62. The van der Waals surface area contributed by atoms with Crippen molar-refractivity contribution in [2.45, 2.75) is 38.1 Å². The van der Waals surface area contributed by atoms with Gasteiger partial charge >= 0.3 is 0 Å². The molecule has 182 valence electrons. The molecule has 2 heterocycles. The maximum absolute atomic E-state index is 13.0. The summed E-state index contributed by atoms with van der Waals surface area (Å²) in [7, 11) is -3.68. The molecule has 2 aromatic carbocycles. The summed E-state index contributed by atoms with van der Waals surface area (Å²) in [5.41, 5.74) is 3.35. The molecule has 0 radical (unpaired) electrons. The smallest absolute Gasteiger partial charge is 0.250 e. The normalized spacial score (nSPS) is 15.8. The van der Waals surface area contributed by atoms with Gasteiger partial charge in [-0.3, -0.25) is 9.59 Å². The van der Waals surface area contributed by atoms with Crippen LogP contribution in [0.4, 0.5) is 0 Å². The van der Waals surface area contributed by atoms with Crippen LogP contribution < -0.4 is 5.49 Å². The number of piperidine rings is 1. The fourth-order valence-electron chi connectivity index (χ4n) is 4.15. The van der Waals surface area contributed by atoms with Crippen LogP contribution in [0.5, 0.6) is 0 Å². The second-order valence-electron chi connectivity index (χ2n) is 8.88. The van der Waals surface area contributed by atoms with Gasteiger partial charge in [0.15, 0.2) is 5.78 Å². The summed E-state index contributed by atoms with van der Waals surface area (Å²) in [5, 5.41) is 0. The van der Waals surface area contributed by atoms with Gasteiger partial charge < -0.3 is 4.57 Å². The van der Waals surface area contributed by atoms with E-state index in [1.54, 1.807) is 0 Å². The largest absolute Gasteiger partial charge is 0.328 e. The van der Waals surface area contributed by atoms with Crippen molar-refractivity contribution in [1.82, 2.24) is 8.87 Å². The van der Waals surface area contributed by atoms with Crippen molar-refractivity contribution >= 4 is 21.7 Å². The molecule has 7 nitrogen and oxygen atoms in total. The monoisotopic (exact) mass is 491 g/mol. The molecule has 0 saturated carbocycles. The summed E-state index contributed by atoms with van der Waals surface area (Å²) in [4.78, 5) is 29.0. The molecule has 1 aliphatic rings. The van der Waals surface area contributed by atoms with Gasteiger partial charge in [-0.1, -0.05) is 48.0 Å². The van der Waals surface area contributed by atoms with E-state index in [9.17, 15) is 18.0 Å². The highest BCUT2D eigenvalue weighted by molar-refractivity contribution is 7.89. The van der Waals surface area contributed by atoms with Crippen LogP contribution >= 0.6 is 0 Å². The molecule has 0 bridgehead atoms. The lowest BCUT2D eigenvalue weighted by atomic mass is 9.97. The molecule has 0 atom stereocenters. The van der Waals surface area contributed by atoms with Crippen molar-refractivity contribution in [3.8, 4) is 0 Å². The lowest BCUT2D eigenvalue weighted by Crippen LogP contribution is -2.40. The Balaban J connectivity index is 1.44. The molecule has 1 amide bonds. The second kappa shape index (κ2) is 10.5. The molecule has 1 aliphatic heterocycles.